The molecule has 0 aliphatic carbocycles. The second-order valence-corrected chi connectivity index (χ2v) is 7.34. The number of ether oxygens (including phenoxy) is 3. The first-order valence-corrected chi connectivity index (χ1v) is 11.2. The van der Waals surface area contributed by atoms with E-state index in [9.17, 15) is 4.79 Å². The third-order valence-corrected chi connectivity index (χ3v) is 4.59. The Kier molecular flexibility index (Phi) is 12.1. The van der Waals surface area contributed by atoms with Crippen LogP contribution in [0.25, 0.3) is 0 Å². The maximum Gasteiger partial charge on any atom is 0.277 e. The Balaban J connectivity index is 1.64. The molecule has 0 aliphatic heterocycles. The van der Waals surface area contributed by atoms with E-state index in [1.165, 1.54) is 32.1 Å². The minimum atomic E-state index is -0.344. The van der Waals surface area contributed by atoms with E-state index in [1.54, 1.807) is 24.4 Å². The van der Waals surface area contributed by atoms with Crippen LogP contribution in [0, 0.1) is 0 Å². The highest BCUT2D eigenvalue weighted by molar-refractivity contribution is 5.83. The van der Waals surface area contributed by atoms with Gasteiger partial charge in [-0.1, -0.05) is 63.8 Å². The van der Waals surface area contributed by atoms with Gasteiger partial charge in [0.05, 0.1) is 12.8 Å². The summed E-state index contributed by atoms with van der Waals surface area (Å²) in [6.07, 6.45) is 10.6. The van der Waals surface area contributed by atoms with E-state index in [-0.39, 0.29) is 12.5 Å². The van der Waals surface area contributed by atoms with Crippen LogP contribution in [0.15, 0.2) is 66.3 Å². The molecule has 0 aliphatic rings. The zero-order valence-electron chi connectivity index (χ0n) is 18.9. The fourth-order valence-electron chi connectivity index (χ4n) is 2.90. The Hall–Kier alpha value is -3.28. The molecule has 2 aromatic carbocycles. The number of hydrogen-bond acceptors (Lipinski definition) is 5. The molecule has 172 valence electrons. The van der Waals surface area contributed by atoms with Gasteiger partial charge in [0.15, 0.2) is 6.61 Å². The van der Waals surface area contributed by atoms with Crippen molar-refractivity contribution >= 4 is 12.1 Å². The van der Waals surface area contributed by atoms with Crippen molar-refractivity contribution in [2.24, 2.45) is 5.10 Å². The van der Waals surface area contributed by atoms with E-state index in [0.29, 0.717) is 18.1 Å². The number of carbonyl (C=O) groups excluding carboxylic acids is 1. The lowest BCUT2D eigenvalue weighted by molar-refractivity contribution is -0.123. The number of unbranched alkanes of at least 4 members (excludes halogenated alkanes) is 5. The lowest BCUT2D eigenvalue weighted by Gasteiger charge is -2.08. The van der Waals surface area contributed by atoms with Gasteiger partial charge in [0.1, 0.15) is 23.9 Å². The maximum absolute atomic E-state index is 11.9. The minimum absolute atomic E-state index is 0.127. The fourth-order valence-corrected chi connectivity index (χ4v) is 2.90. The Morgan fingerprint density at radius 1 is 0.938 bits per heavy atom. The van der Waals surface area contributed by atoms with Crippen molar-refractivity contribution in [3.05, 3.63) is 66.7 Å². The standard InChI is InChI=1S/C26H34N2O4/c1-3-5-6-7-8-9-18-31-23-13-15-24(16-14-23)32-21-26(29)28-27-20-22-11-10-12-25(19-22)30-17-4-2/h4,10-16,19-20H,2-3,5-9,17-18,21H2,1H3,(H,28,29)/b27-20-. The van der Waals surface area contributed by atoms with Gasteiger partial charge in [0, 0.05) is 0 Å². The molecule has 6 nitrogen and oxygen atoms in total. The normalized spacial score (nSPS) is 10.7. The van der Waals surface area contributed by atoms with Gasteiger partial charge < -0.3 is 14.2 Å². The number of amides is 1. The summed E-state index contributed by atoms with van der Waals surface area (Å²) in [4.78, 5) is 11.9. The molecule has 0 aromatic heterocycles. The Bertz CT molecular complexity index is 834. The highest BCUT2D eigenvalue weighted by atomic mass is 16.5. The fraction of sp³-hybridized carbons (Fsp3) is 0.385. The number of nitrogens with one attached hydrogen (secondary N) is 1. The zero-order chi connectivity index (χ0) is 22.9. The molecule has 0 bridgehead atoms. The van der Waals surface area contributed by atoms with Gasteiger partial charge in [-0.25, -0.2) is 5.43 Å². The molecule has 0 unspecified atom stereocenters. The molecular weight excluding hydrogens is 404 g/mol. The highest BCUT2D eigenvalue weighted by Crippen LogP contribution is 2.18. The van der Waals surface area contributed by atoms with E-state index in [0.717, 1.165) is 24.3 Å². The molecule has 0 fully saturated rings. The number of hydrogen-bond donors (Lipinski definition) is 1. The van der Waals surface area contributed by atoms with Gasteiger partial charge in [-0.15, -0.1) is 0 Å². The Morgan fingerprint density at radius 2 is 1.66 bits per heavy atom. The second-order valence-electron chi connectivity index (χ2n) is 7.34. The van der Waals surface area contributed by atoms with E-state index in [2.05, 4.69) is 24.0 Å². The van der Waals surface area contributed by atoms with Crippen molar-refractivity contribution in [2.45, 2.75) is 45.4 Å². The molecule has 2 aromatic rings. The van der Waals surface area contributed by atoms with Gasteiger partial charge in [-0.05, 0) is 48.4 Å². The lowest BCUT2D eigenvalue weighted by Crippen LogP contribution is -2.24. The van der Waals surface area contributed by atoms with Crippen LogP contribution in [0.1, 0.15) is 51.0 Å². The molecule has 6 heteroatoms. The van der Waals surface area contributed by atoms with Crippen molar-refractivity contribution in [3.63, 3.8) is 0 Å². The van der Waals surface area contributed by atoms with Gasteiger partial charge in [0.25, 0.3) is 5.91 Å². The summed E-state index contributed by atoms with van der Waals surface area (Å²) >= 11 is 0. The SMILES string of the molecule is C=CCOc1cccc(/C=N\NC(=O)COc2ccc(OCCCCCCCC)cc2)c1. The molecule has 0 saturated carbocycles. The molecule has 0 heterocycles. The zero-order valence-corrected chi connectivity index (χ0v) is 18.9. The first-order chi connectivity index (χ1) is 15.7. The molecule has 0 saturated heterocycles. The number of nitrogens with zero attached hydrogens (tertiary/aromatic N) is 1. The van der Waals surface area contributed by atoms with Crippen molar-refractivity contribution < 1.29 is 19.0 Å². The van der Waals surface area contributed by atoms with E-state index in [4.69, 9.17) is 14.2 Å². The van der Waals surface area contributed by atoms with Gasteiger partial charge in [-0.3, -0.25) is 4.79 Å². The highest BCUT2D eigenvalue weighted by Gasteiger charge is 2.02. The van der Waals surface area contributed by atoms with Crippen LogP contribution in [-0.2, 0) is 4.79 Å². The van der Waals surface area contributed by atoms with Gasteiger partial charge in [-0.2, -0.15) is 5.10 Å². The Labute approximate surface area is 191 Å². The molecule has 0 radical (unpaired) electrons. The first kappa shape index (κ1) is 25.0. The van der Waals surface area contributed by atoms with Crippen LogP contribution in [0.4, 0.5) is 0 Å². The molecule has 1 amide bonds. The molecule has 1 N–H and O–H groups in total. The first-order valence-electron chi connectivity index (χ1n) is 11.2. The van der Waals surface area contributed by atoms with Crippen molar-refractivity contribution in [1.82, 2.24) is 5.43 Å². The maximum atomic E-state index is 11.9. The van der Waals surface area contributed by atoms with Crippen LogP contribution >= 0.6 is 0 Å². The summed E-state index contributed by atoms with van der Waals surface area (Å²) in [5, 5.41) is 3.95. The smallest absolute Gasteiger partial charge is 0.277 e. The third kappa shape index (κ3) is 10.7. The minimum Gasteiger partial charge on any atom is -0.494 e. The van der Waals surface area contributed by atoms with Crippen molar-refractivity contribution in [3.8, 4) is 17.2 Å². The van der Waals surface area contributed by atoms with Crippen LogP contribution in [-0.4, -0.2) is 31.9 Å². The topological polar surface area (TPSA) is 69.2 Å². The average molecular weight is 439 g/mol. The predicted octanol–water partition coefficient (Wildman–Crippen LogP) is 5.52. The summed E-state index contributed by atoms with van der Waals surface area (Å²) in [5.74, 6) is 1.77. The second kappa shape index (κ2) is 15.5. The average Bonchev–Trinajstić information content (AvgIpc) is 2.82. The monoisotopic (exact) mass is 438 g/mol. The summed E-state index contributed by atoms with van der Waals surface area (Å²) in [6.45, 7) is 6.86. The lowest BCUT2D eigenvalue weighted by atomic mass is 10.1. The van der Waals surface area contributed by atoms with Crippen LogP contribution in [0.5, 0.6) is 17.2 Å². The molecular formula is C26H34N2O4. The Morgan fingerprint density at radius 3 is 2.41 bits per heavy atom. The quantitative estimate of drug-likeness (QED) is 0.162. The molecule has 2 rings (SSSR count). The predicted molar refractivity (Wildman–Crippen MR) is 129 cm³/mol. The van der Waals surface area contributed by atoms with Crippen molar-refractivity contribution in [1.29, 1.82) is 0 Å². The molecule has 0 atom stereocenters. The van der Waals surface area contributed by atoms with E-state index in [1.807, 2.05) is 36.4 Å². The molecule has 32 heavy (non-hydrogen) atoms. The summed E-state index contributed by atoms with van der Waals surface area (Å²) in [6, 6.07) is 14.7. The largest absolute Gasteiger partial charge is 0.494 e. The van der Waals surface area contributed by atoms with Gasteiger partial charge in [0.2, 0.25) is 0 Å². The number of benzene rings is 2. The van der Waals surface area contributed by atoms with Crippen molar-refractivity contribution in [2.75, 3.05) is 19.8 Å². The third-order valence-electron chi connectivity index (χ3n) is 4.59. The summed E-state index contributed by atoms with van der Waals surface area (Å²) in [5.41, 5.74) is 3.26. The van der Waals surface area contributed by atoms with Crippen LogP contribution < -0.4 is 19.6 Å². The summed E-state index contributed by atoms with van der Waals surface area (Å²) in [7, 11) is 0. The van der Waals surface area contributed by atoms with E-state index < -0.39 is 0 Å². The van der Waals surface area contributed by atoms with Crippen LogP contribution in [0.2, 0.25) is 0 Å². The summed E-state index contributed by atoms with van der Waals surface area (Å²) < 4.78 is 16.7. The number of carbonyl (C=O) groups is 1. The number of hydrazone groups is 1. The van der Waals surface area contributed by atoms with Crippen LogP contribution in [0.3, 0.4) is 0 Å². The van der Waals surface area contributed by atoms with E-state index >= 15 is 0 Å². The number of rotatable bonds is 16. The molecule has 0 spiro atoms. The van der Waals surface area contributed by atoms with Gasteiger partial charge >= 0.3 is 0 Å².